The molecule has 2 aromatic carbocycles. The Balaban J connectivity index is 1.95. The quantitative estimate of drug-likeness (QED) is 0.537. The van der Waals surface area contributed by atoms with E-state index in [1.165, 1.54) is 11.3 Å². The number of aromatic nitrogens is 1. The van der Waals surface area contributed by atoms with Gasteiger partial charge in [-0.15, -0.1) is 11.3 Å². The van der Waals surface area contributed by atoms with Crippen molar-refractivity contribution in [3.8, 4) is 11.5 Å². The van der Waals surface area contributed by atoms with Crippen molar-refractivity contribution in [2.45, 2.75) is 0 Å². The van der Waals surface area contributed by atoms with Crippen LogP contribution >= 0.6 is 46.1 Å². The monoisotopic (exact) mass is 384 g/mol. The molecule has 0 aliphatic carbocycles. The average Bonchev–Trinajstić information content (AvgIpc) is 2.90. The number of nitrogens with zero attached hydrogens (tertiary/aromatic N) is 2. The van der Waals surface area contributed by atoms with Gasteiger partial charge in [0.15, 0.2) is 10.6 Å². The van der Waals surface area contributed by atoms with E-state index in [-0.39, 0.29) is 0 Å². The van der Waals surface area contributed by atoms with E-state index in [1.54, 1.807) is 36.4 Å². The van der Waals surface area contributed by atoms with Gasteiger partial charge in [-0.3, -0.25) is 0 Å². The SMILES string of the molecule is Cn1ccsc1=Nc1cc(Cl)c(Oc2ccc(Cl)cc2)c(Cl)c1. The summed E-state index contributed by atoms with van der Waals surface area (Å²) in [5.74, 6) is 0.998. The Bertz CT molecular complexity index is 877. The van der Waals surface area contributed by atoms with Crippen LogP contribution in [0, 0.1) is 0 Å². The molecule has 1 aromatic heterocycles. The highest BCUT2D eigenvalue weighted by atomic mass is 35.5. The molecule has 7 heteroatoms. The van der Waals surface area contributed by atoms with Crippen LogP contribution in [0.3, 0.4) is 0 Å². The van der Waals surface area contributed by atoms with E-state index >= 15 is 0 Å². The van der Waals surface area contributed by atoms with Crippen LogP contribution in [-0.4, -0.2) is 4.57 Å². The predicted octanol–water partition coefficient (Wildman–Crippen LogP) is 6.07. The van der Waals surface area contributed by atoms with Crippen LogP contribution in [0.25, 0.3) is 0 Å². The first kappa shape index (κ1) is 16.4. The number of benzene rings is 2. The molecular formula is C16H11Cl3N2OS. The van der Waals surface area contributed by atoms with E-state index in [4.69, 9.17) is 39.5 Å². The third-order valence-corrected chi connectivity index (χ3v) is 4.66. The van der Waals surface area contributed by atoms with Gasteiger partial charge in [0, 0.05) is 23.6 Å². The molecule has 0 aliphatic heterocycles. The van der Waals surface area contributed by atoms with Crippen LogP contribution in [0.4, 0.5) is 5.69 Å². The number of thiazole rings is 1. The lowest BCUT2D eigenvalue weighted by atomic mass is 10.3. The van der Waals surface area contributed by atoms with E-state index < -0.39 is 0 Å². The van der Waals surface area contributed by atoms with Gasteiger partial charge in [0.25, 0.3) is 0 Å². The summed E-state index contributed by atoms with van der Waals surface area (Å²) in [7, 11) is 1.93. The molecule has 3 rings (SSSR count). The molecule has 3 nitrogen and oxygen atoms in total. The van der Waals surface area contributed by atoms with E-state index in [0.717, 1.165) is 4.80 Å². The lowest BCUT2D eigenvalue weighted by Crippen LogP contribution is -2.07. The minimum atomic E-state index is 0.394. The predicted molar refractivity (Wildman–Crippen MR) is 96.5 cm³/mol. The minimum Gasteiger partial charge on any atom is -0.454 e. The second-order valence-corrected chi connectivity index (χ2v) is 6.83. The van der Waals surface area contributed by atoms with Crippen molar-refractivity contribution in [2.75, 3.05) is 0 Å². The summed E-state index contributed by atoms with van der Waals surface area (Å²) in [5.41, 5.74) is 0.668. The van der Waals surface area contributed by atoms with Crippen LogP contribution in [0.1, 0.15) is 0 Å². The van der Waals surface area contributed by atoms with Crippen molar-refractivity contribution >= 4 is 51.8 Å². The molecule has 23 heavy (non-hydrogen) atoms. The zero-order chi connectivity index (χ0) is 16.4. The molecule has 0 N–H and O–H groups in total. The first-order chi connectivity index (χ1) is 11.0. The maximum atomic E-state index is 6.30. The standard InChI is InChI=1S/C16H11Cl3N2OS/c1-21-6-7-23-16(21)20-11-8-13(18)15(14(19)9-11)22-12-4-2-10(17)3-5-12/h2-9H,1H3. The average molecular weight is 386 g/mol. The Morgan fingerprint density at radius 2 is 1.70 bits per heavy atom. The Kier molecular flexibility index (Phi) is 4.97. The second kappa shape index (κ2) is 6.97. The van der Waals surface area contributed by atoms with Gasteiger partial charge in [-0.25, -0.2) is 4.99 Å². The fraction of sp³-hybridized carbons (Fsp3) is 0.0625. The van der Waals surface area contributed by atoms with E-state index in [9.17, 15) is 0 Å². The number of ether oxygens (including phenoxy) is 1. The lowest BCUT2D eigenvalue weighted by molar-refractivity contribution is 0.483. The number of aryl methyl sites for hydroxylation is 1. The maximum absolute atomic E-state index is 6.30. The van der Waals surface area contributed by atoms with Crippen LogP contribution in [0.15, 0.2) is 53.0 Å². The van der Waals surface area contributed by atoms with Crippen molar-refractivity contribution in [2.24, 2.45) is 12.0 Å². The summed E-state index contributed by atoms with van der Waals surface area (Å²) in [5, 5.41) is 3.38. The summed E-state index contributed by atoms with van der Waals surface area (Å²) in [6.45, 7) is 0. The highest BCUT2D eigenvalue weighted by molar-refractivity contribution is 7.07. The van der Waals surface area contributed by atoms with E-state index in [0.29, 0.717) is 32.3 Å². The molecule has 3 aromatic rings. The molecule has 0 spiro atoms. The molecule has 0 saturated carbocycles. The lowest BCUT2D eigenvalue weighted by Gasteiger charge is -2.10. The third-order valence-electron chi connectivity index (χ3n) is 3.00. The number of rotatable bonds is 3. The summed E-state index contributed by atoms with van der Waals surface area (Å²) < 4.78 is 7.66. The smallest absolute Gasteiger partial charge is 0.189 e. The van der Waals surface area contributed by atoms with Gasteiger partial charge in [0.2, 0.25) is 0 Å². The summed E-state index contributed by atoms with van der Waals surface area (Å²) >= 11 is 20.0. The van der Waals surface area contributed by atoms with Crippen molar-refractivity contribution in [3.63, 3.8) is 0 Å². The van der Waals surface area contributed by atoms with Crippen molar-refractivity contribution in [1.82, 2.24) is 4.57 Å². The molecule has 0 bridgehead atoms. The molecule has 0 aliphatic rings. The first-order valence-corrected chi connectivity index (χ1v) is 8.61. The Labute approximate surface area is 152 Å². The van der Waals surface area contributed by atoms with Crippen molar-refractivity contribution in [1.29, 1.82) is 0 Å². The highest BCUT2D eigenvalue weighted by Crippen LogP contribution is 2.39. The zero-order valence-corrected chi connectivity index (χ0v) is 15.0. The largest absolute Gasteiger partial charge is 0.454 e. The Morgan fingerprint density at radius 3 is 2.26 bits per heavy atom. The topological polar surface area (TPSA) is 26.5 Å². The minimum absolute atomic E-state index is 0.394. The fourth-order valence-corrected chi connectivity index (χ4v) is 3.30. The van der Waals surface area contributed by atoms with E-state index in [2.05, 4.69) is 4.99 Å². The van der Waals surface area contributed by atoms with Gasteiger partial charge in [-0.05, 0) is 36.4 Å². The summed E-state index contributed by atoms with van der Waals surface area (Å²) in [6.07, 6.45) is 1.94. The summed E-state index contributed by atoms with van der Waals surface area (Å²) in [4.78, 5) is 5.37. The van der Waals surface area contributed by atoms with Gasteiger partial charge in [-0.1, -0.05) is 34.8 Å². The number of halogens is 3. The molecule has 0 atom stereocenters. The Morgan fingerprint density at radius 1 is 1.04 bits per heavy atom. The second-order valence-electron chi connectivity index (χ2n) is 4.70. The van der Waals surface area contributed by atoms with Crippen LogP contribution < -0.4 is 9.54 Å². The van der Waals surface area contributed by atoms with Crippen LogP contribution in [0.2, 0.25) is 15.1 Å². The Hall–Kier alpha value is -1.46. The fourth-order valence-electron chi connectivity index (χ4n) is 1.87. The van der Waals surface area contributed by atoms with Gasteiger partial charge in [0.05, 0.1) is 15.7 Å². The van der Waals surface area contributed by atoms with Crippen molar-refractivity contribution < 1.29 is 4.74 Å². The van der Waals surface area contributed by atoms with Gasteiger partial charge >= 0.3 is 0 Å². The molecule has 0 fully saturated rings. The highest BCUT2D eigenvalue weighted by Gasteiger charge is 2.11. The van der Waals surface area contributed by atoms with Crippen LogP contribution in [-0.2, 0) is 7.05 Å². The molecule has 118 valence electrons. The van der Waals surface area contributed by atoms with Crippen molar-refractivity contribution in [3.05, 3.63) is 67.8 Å². The normalized spacial score (nSPS) is 11.7. The first-order valence-electron chi connectivity index (χ1n) is 6.60. The van der Waals surface area contributed by atoms with Gasteiger partial charge in [0.1, 0.15) is 5.75 Å². The molecule has 0 unspecified atom stereocenters. The van der Waals surface area contributed by atoms with Gasteiger partial charge < -0.3 is 9.30 Å². The molecule has 1 heterocycles. The molecule has 0 amide bonds. The third kappa shape index (κ3) is 3.90. The maximum Gasteiger partial charge on any atom is 0.189 e. The molecule has 0 radical (unpaired) electrons. The summed E-state index contributed by atoms with van der Waals surface area (Å²) in [6, 6.07) is 10.4. The zero-order valence-electron chi connectivity index (χ0n) is 12.0. The number of hydrogen-bond donors (Lipinski definition) is 0. The molecule has 0 saturated heterocycles. The van der Waals surface area contributed by atoms with E-state index in [1.807, 2.05) is 23.2 Å². The molecular weight excluding hydrogens is 375 g/mol. The number of hydrogen-bond acceptors (Lipinski definition) is 3. The van der Waals surface area contributed by atoms with Crippen LogP contribution in [0.5, 0.6) is 11.5 Å². The van der Waals surface area contributed by atoms with Gasteiger partial charge in [-0.2, -0.15) is 0 Å².